The van der Waals surface area contributed by atoms with E-state index in [2.05, 4.69) is 26.8 Å². The molecule has 2 unspecified atom stereocenters. The normalized spacial score (nSPS) is 16.8. The van der Waals surface area contributed by atoms with Crippen LogP contribution in [0.25, 0.3) is 0 Å². The van der Waals surface area contributed by atoms with Crippen LogP contribution in [0.15, 0.2) is 60.7 Å². The number of carbonyl (C=O) groups excluding carboxylic acids is 7. The van der Waals surface area contributed by atoms with Crippen LogP contribution < -0.4 is 32.5 Å². The predicted molar refractivity (Wildman–Crippen MR) is 160 cm³/mol. The zero-order valence-corrected chi connectivity index (χ0v) is 25.5. The topological polar surface area (TPSA) is 231 Å². The summed E-state index contributed by atoms with van der Waals surface area (Å²) in [7, 11) is 1.56. The first-order valence-corrected chi connectivity index (χ1v) is 14.3. The number of nitrogens with zero attached hydrogens (tertiary/aromatic N) is 1. The molecule has 0 radical (unpaired) electrons. The van der Waals surface area contributed by atoms with Gasteiger partial charge in [0, 0.05) is 13.6 Å². The van der Waals surface area contributed by atoms with Crippen LogP contribution in [0, 0.1) is 0 Å². The van der Waals surface area contributed by atoms with Crippen LogP contribution in [0.2, 0.25) is 0 Å². The van der Waals surface area contributed by atoms with Crippen LogP contribution in [0.3, 0.4) is 0 Å². The molecule has 1 fully saturated rings. The van der Waals surface area contributed by atoms with Crippen molar-refractivity contribution >= 4 is 41.5 Å². The lowest BCUT2D eigenvalue weighted by Crippen LogP contribution is -2.58. The molecule has 0 spiro atoms. The predicted octanol–water partition coefficient (Wildman–Crippen LogP) is -1.26. The van der Waals surface area contributed by atoms with E-state index in [0.717, 1.165) is 11.1 Å². The second-order valence-electron chi connectivity index (χ2n) is 10.5. The molecule has 5 atom stereocenters. The molecule has 16 heteroatoms. The number of hydrazine groups is 1. The molecule has 3 rings (SSSR count). The van der Waals surface area contributed by atoms with E-state index in [1.165, 1.54) is 18.7 Å². The standard InChI is InChI=1S/C30H37N7O9/c1-17(32-25(39)18(2)33-30(44)45-16-20-12-8-5-9-13-20)26(40)34-21(14-22(31)38)27(41)35-36-28(42)23-24(46-23)29(43)37(3)15-19-10-6-4-7-11-19/h4-13,17-18,21,23-24H,14-16H2,1-3H3,(H2,31,38)(H,32,39)(H,33,44)(H,34,40)(H,35,41)(H,36,42)/t17-,18-,21-,23?,24?/m0/s1. The zero-order valence-electron chi connectivity index (χ0n) is 25.5. The summed E-state index contributed by atoms with van der Waals surface area (Å²) in [5, 5.41) is 7.00. The van der Waals surface area contributed by atoms with Crippen molar-refractivity contribution in [3.8, 4) is 0 Å². The Balaban J connectivity index is 1.43. The van der Waals surface area contributed by atoms with E-state index in [1.54, 1.807) is 31.3 Å². The average molecular weight is 640 g/mol. The van der Waals surface area contributed by atoms with Gasteiger partial charge in [0.1, 0.15) is 24.7 Å². The van der Waals surface area contributed by atoms with Gasteiger partial charge in [0.05, 0.1) is 6.42 Å². The van der Waals surface area contributed by atoms with Crippen LogP contribution in [-0.4, -0.2) is 83.8 Å². The minimum atomic E-state index is -1.53. The highest BCUT2D eigenvalue weighted by Crippen LogP contribution is 2.24. The maximum Gasteiger partial charge on any atom is 0.408 e. The van der Waals surface area contributed by atoms with Gasteiger partial charge in [0.15, 0.2) is 12.2 Å². The van der Waals surface area contributed by atoms with E-state index in [4.69, 9.17) is 15.2 Å². The zero-order chi connectivity index (χ0) is 33.8. The largest absolute Gasteiger partial charge is 0.445 e. The van der Waals surface area contributed by atoms with Crippen molar-refractivity contribution in [1.82, 2.24) is 31.7 Å². The third-order valence-corrected chi connectivity index (χ3v) is 6.67. The minimum Gasteiger partial charge on any atom is -0.445 e. The molecule has 7 amide bonds. The number of amides is 7. The summed E-state index contributed by atoms with van der Waals surface area (Å²) >= 11 is 0. The number of nitrogens with one attached hydrogen (secondary N) is 5. The van der Waals surface area contributed by atoms with Crippen molar-refractivity contribution in [3.05, 3.63) is 71.8 Å². The Morgan fingerprint density at radius 2 is 1.35 bits per heavy atom. The molecule has 16 nitrogen and oxygen atoms in total. The molecule has 0 aromatic heterocycles. The van der Waals surface area contributed by atoms with Crippen LogP contribution in [-0.2, 0) is 51.4 Å². The third-order valence-electron chi connectivity index (χ3n) is 6.67. The van der Waals surface area contributed by atoms with Gasteiger partial charge in [-0.15, -0.1) is 0 Å². The summed E-state index contributed by atoms with van der Waals surface area (Å²) in [5.41, 5.74) is 11.0. The van der Waals surface area contributed by atoms with Crippen molar-refractivity contribution in [2.45, 2.75) is 63.8 Å². The van der Waals surface area contributed by atoms with Crippen molar-refractivity contribution in [2.75, 3.05) is 7.05 Å². The fourth-order valence-electron chi connectivity index (χ4n) is 4.05. The molecule has 246 valence electrons. The van der Waals surface area contributed by atoms with E-state index >= 15 is 0 Å². The summed E-state index contributed by atoms with van der Waals surface area (Å²) in [4.78, 5) is 88.0. The number of hydrogen-bond acceptors (Lipinski definition) is 9. The highest BCUT2D eigenvalue weighted by atomic mass is 16.6. The molecule has 2 aromatic rings. The monoisotopic (exact) mass is 639 g/mol. The summed E-state index contributed by atoms with van der Waals surface area (Å²) in [6.07, 6.45) is -3.68. The van der Waals surface area contributed by atoms with Gasteiger partial charge in [0.2, 0.25) is 17.7 Å². The molecule has 0 saturated carbocycles. The quantitative estimate of drug-likeness (QED) is 0.107. The first-order valence-electron chi connectivity index (χ1n) is 14.3. The van der Waals surface area contributed by atoms with Gasteiger partial charge in [-0.1, -0.05) is 60.7 Å². The molecule has 7 N–H and O–H groups in total. The molecule has 46 heavy (non-hydrogen) atoms. The summed E-state index contributed by atoms with van der Waals surface area (Å²) in [5.74, 6) is -4.79. The SMILES string of the molecule is C[C@H](NC(=O)OCc1ccccc1)C(=O)N[C@@H](C)C(=O)N[C@@H](CC(N)=O)C(=O)NNC(=O)C1OC1C(=O)N(C)Cc1ccccc1. The number of nitrogens with two attached hydrogens (primary N) is 1. The van der Waals surface area contributed by atoms with Gasteiger partial charge >= 0.3 is 6.09 Å². The van der Waals surface area contributed by atoms with Gasteiger partial charge in [0.25, 0.3) is 17.7 Å². The van der Waals surface area contributed by atoms with E-state index in [1.807, 2.05) is 36.4 Å². The van der Waals surface area contributed by atoms with Crippen LogP contribution in [0.4, 0.5) is 4.79 Å². The molecule has 1 heterocycles. The highest BCUT2D eigenvalue weighted by molar-refractivity contribution is 5.98. The number of primary amides is 1. The number of alkyl carbamates (subject to hydrolysis) is 1. The van der Waals surface area contributed by atoms with E-state index in [9.17, 15) is 33.6 Å². The smallest absolute Gasteiger partial charge is 0.408 e. The van der Waals surface area contributed by atoms with Crippen LogP contribution >= 0.6 is 0 Å². The Hall–Kier alpha value is -5.51. The van der Waals surface area contributed by atoms with Crippen molar-refractivity contribution in [2.24, 2.45) is 5.73 Å². The second kappa shape index (κ2) is 16.5. The van der Waals surface area contributed by atoms with E-state index < -0.39 is 78.3 Å². The Kier molecular flexibility index (Phi) is 12.6. The number of epoxide rings is 1. The second-order valence-corrected chi connectivity index (χ2v) is 10.5. The Morgan fingerprint density at radius 3 is 1.96 bits per heavy atom. The van der Waals surface area contributed by atoms with E-state index in [-0.39, 0.29) is 6.61 Å². The summed E-state index contributed by atoms with van der Waals surface area (Å²) < 4.78 is 10.3. The molecule has 0 aliphatic carbocycles. The molecule has 0 bridgehead atoms. The molecule has 1 saturated heterocycles. The third kappa shape index (κ3) is 10.9. The molecule has 1 aliphatic rings. The number of ether oxygens (including phenoxy) is 2. The lowest BCUT2D eigenvalue weighted by molar-refractivity contribution is -0.135. The number of rotatable bonds is 14. The van der Waals surface area contributed by atoms with Crippen LogP contribution in [0.5, 0.6) is 0 Å². The van der Waals surface area contributed by atoms with Crippen LogP contribution in [0.1, 0.15) is 31.4 Å². The minimum absolute atomic E-state index is 0.0118. The Labute approximate surface area is 264 Å². The molecule has 1 aliphatic heterocycles. The number of carbonyl (C=O) groups is 7. The number of benzene rings is 2. The van der Waals surface area contributed by atoms with Gasteiger partial charge in [-0.3, -0.25) is 39.6 Å². The van der Waals surface area contributed by atoms with Gasteiger partial charge in [-0.2, -0.15) is 0 Å². The van der Waals surface area contributed by atoms with E-state index in [0.29, 0.717) is 6.54 Å². The first-order chi connectivity index (χ1) is 21.8. The van der Waals surface area contributed by atoms with Crippen molar-refractivity contribution in [3.63, 3.8) is 0 Å². The fraction of sp³-hybridized carbons (Fsp3) is 0.367. The lowest BCUT2D eigenvalue weighted by Gasteiger charge is -2.21. The van der Waals surface area contributed by atoms with Gasteiger partial charge in [-0.25, -0.2) is 4.79 Å². The molecular formula is C30H37N7O9. The average Bonchev–Trinajstić information content (AvgIpc) is 3.83. The summed E-state index contributed by atoms with van der Waals surface area (Å²) in [6.45, 7) is 2.97. The van der Waals surface area contributed by atoms with Gasteiger partial charge in [-0.05, 0) is 25.0 Å². The fourth-order valence-corrected chi connectivity index (χ4v) is 4.05. The molecular weight excluding hydrogens is 602 g/mol. The molecule has 2 aromatic carbocycles. The Bertz CT molecular complexity index is 1420. The number of hydrogen-bond donors (Lipinski definition) is 6. The first kappa shape index (κ1) is 35.0. The number of likely N-dealkylation sites (N-methyl/N-ethyl adjacent to an activating group) is 1. The van der Waals surface area contributed by atoms with Crippen molar-refractivity contribution < 1.29 is 43.0 Å². The lowest BCUT2D eigenvalue weighted by atomic mass is 10.1. The summed E-state index contributed by atoms with van der Waals surface area (Å²) in [6, 6.07) is 14.3. The maximum absolute atomic E-state index is 12.7. The Morgan fingerprint density at radius 1 is 0.783 bits per heavy atom. The highest BCUT2D eigenvalue weighted by Gasteiger charge is 2.51. The maximum atomic E-state index is 12.7. The van der Waals surface area contributed by atoms with Crippen molar-refractivity contribution in [1.29, 1.82) is 0 Å². The van der Waals surface area contributed by atoms with Gasteiger partial charge < -0.3 is 36.1 Å².